The first kappa shape index (κ1) is 17.8. The van der Waals surface area contributed by atoms with Crippen molar-refractivity contribution in [3.05, 3.63) is 34.6 Å². The zero-order valence-corrected chi connectivity index (χ0v) is 14.4. The molecule has 20 heavy (non-hydrogen) atoms. The van der Waals surface area contributed by atoms with Gasteiger partial charge in [-0.05, 0) is 31.0 Å². The highest BCUT2D eigenvalue weighted by molar-refractivity contribution is 8.00. The third-order valence-corrected chi connectivity index (χ3v) is 4.63. The molecule has 0 spiro atoms. The molecule has 0 aliphatic carbocycles. The fourth-order valence-electron chi connectivity index (χ4n) is 1.86. The molecule has 0 aromatic heterocycles. The predicted molar refractivity (Wildman–Crippen MR) is 89.4 cm³/mol. The van der Waals surface area contributed by atoms with Gasteiger partial charge in [0, 0.05) is 16.5 Å². The summed E-state index contributed by atoms with van der Waals surface area (Å²) >= 11 is 7.75. The highest BCUT2D eigenvalue weighted by Crippen LogP contribution is 2.25. The Morgan fingerprint density at radius 3 is 2.65 bits per heavy atom. The van der Waals surface area contributed by atoms with E-state index in [9.17, 15) is 4.39 Å². The fraction of sp³-hybridized carbons (Fsp3) is 0.625. The summed E-state index contributed by atoms with van der Waals surface area (Å²) in [5.41, 5.74) is 0.695. The van der Waals surface area contributed by atoms with Crippen molar-refractivity contribution in [1.82, 2.24) is 5.32 Å². The van der Waals surface area contributed by atoms with Gasteiger partial charge in [-0.15, -0.1) is 0 Å². The van der Waals surface area contributed by atoms with Crippen LogP contribution < -0.4 is 5.32 Å². The number of halogens is 2. The average Bonchev–Trinajstić information content (AvgIpc) is 2.37. The zero-order chi connectivity index (χ0) is 15.2. The molecule has 4 heteroatoms. The van der Waals surface area contributed by atoms with Gasteiger partial charge in [0.25, 0.3) is 0 Å². The summed E-state index contributed by atoms with van der Waals surface area (Å²) in [5.74, 6) is 0.688. The molecule has 1 unspecified atom stereocenters. The number of hydrogen-bond donors (Lipinski definition) is 1. The third-order valence-electron chi connectivity index (χ3n) is 2.90. The molecule has 1 rings (SSSR count). The lowest BCUT2D eigenvalue weighted by molar-refractivity contribution is 0.529. The van der Waals surface area contributed by atoms with Gasteiger partial charge in [-0.25, -0.2) is 4.39 Å². The molecule has 1 aromatic rings. The van der Waals surface area contributed by atoms with Gasteiger partial charge in [-0.1, -0.05) is 51.4 Å². The molecule has 0 heterocycles. The Kier molecular flexibility index (Phi) is 7.35. The van der Waals surface area contributed by atoms with Gasteiger partial charge in [0.05, 0.1) is 5.02 Å². The number of hydrogen-bond acceptors (Lipinski definition) is 2. The molecule has 1 N–H and O–H groups in total. The lowest BCUT2D eigenvalue weighted by Crippen LogP contribution is -2.35. The van der Waals surface area contributed by atoms with Crippen molar-refractivity contribution >= 4 is 23.4 Å². The number of rotatable bonds is 7. The monoisotopic (exact) mass is 317 g/mol. The highest BCUT2D eigenvalue weighted by atomic mass is 35.5. The molecule has 0 amide bonds. The van der Waals surface area contributed by atoms with Crippen molar-refractivity contribution in [2.45, 2.75) is 51.3 Å². The Morgan fingerprint density at radius 2 is 2.05 bits per heavy atom. The van der Waals surface area contributed by atoms with Crippen molar-refractivity contribution in [2.75, 3.05) is 12.3 Å². The maximum Gasteiger partial charge on any atom is 0.145 e. The maximum atomic E-state index is 14.0. The fourth-order valence-corrected chi connectivity index (χ4v) is 2.99. The van der Waals surface area contributed by atoms with Crippen molar-refractivity contribution in [2.24, 2.45) is 0 Å². The quantitative estimate of drug-likeness (QED) is 0.766. The minimum Gasteiger partial charge on any atom is -0.313 e. The van der Waals surface area contributed by atoms with Gasteiger partial charge in [-0.2, -0.15) is 11.8 Å². The average molecular weight is 318 g/mol. The largest absolute Gasteiger partial charge is 0.313 e. The van der Waals surface area contributed by atoms with Crippen LogP contribution >= 0.6 is 23.4 Å². The van der Waals surface area contributed by atoms with Crippen LogP contribution in [0.4, 0.5) is 4.39 Å². The van der Waals surface area contributed by atoms with Crippen molar-refractivity contribution in [3.63, 3.8) is 0 Å². The first-order chi connectivity index (χ1) is 9.33. The second-order valence-corrected chi connectivity index (χ2v) is 8.25. The smallest absolute Gasteiger partial charge is 0.145 e. The van der Waals surface area contributed by atoms with E-state index in [0.717, 1.165) is 18.7 Å². The Labute approximate surface area is 131 Å². The van der Waals surface area contributed by atoms with E-state index < -0.39 is 0 Å². The van der Waals surface area contributed by atoms with Crippen LogP contribution in [0.25, 0.3) is 0 Å². The number of nitrogens with one attached hydrogen (secondary N) is 1. The Hall–Kier alpha value is -0.250. The molecule has 1 nitrogen and oxygen atoms in total. The minimum absolute atomic E-state index is 0.209. The Morgan fingerprint density at radius 1 is 1.35 bits per heavy atom. The lowest BCUT2D eigenvalue weighted by Gasteiger charge is -2.24. The Bertz CT molecular complexity index is 417. The van der Waals surface area contributed by atoms with E-state index in [2.05, 4.69) is 33.0 Å². The SMILES string of the molecule is CCCNC(CSC(C)(C)C)Cc1cccc(Cl)c1F. The summed E-state index contributed by atoms with van der Waals surface area (Å²) in [5, 5.41) is 3.72. The number of thioether (sulfide) groups is 1. The summed E-state index contributed by atoms with van der Waals surface area (Å²) < 4.78 is 14.2. The molecule has 0 saturated heterocycles. The molecule has 0 aliphatic heterocycles. The van der Waals surface area contributed by atoms with E-state index in [1.807, 2.05) is 23.9 Å². The second-order valence-electron chi connectivity index (χ2n) is 5.99. The zero-order valence-electron chi connectivity index (χ0n) is 12.8. The van der Waals surface area contributed by atoms with Gasteiger partial charge < -0.3 is 5.32 Å². The van der Waals surface area contributed by atoms with E-state index in [-0.39, 0.29) is 21.6 Å². The van der Waals surface area contributed by atoms with Gasteiger partial charge in [0.1, 0.15) is 5.82 Å². The van der Waals surface area contributed by atoms with E-state index in [0.29, 0.717) is 12.0 Å². The minimum atomic E-state index is -0.279. The van der Waals surface area contributed by atoms with Crippen LogP contribution in [0.5, 0.6) is 0 Å². The third kappa shape index (κ3) is 6.47. The molecule has 0 saturated carbocycles. The molecule has 0 aliphatic rings. The number of benzene rings is 1. The molecule has 1 atom stereocenters. The second kappa shape index (κ2) is 8.26. The van der Waals surface area contributed by atoms with E-state index >= 15 is 0 Å². The molecule has 114 valence electrons. The summed E-state index contributed by atoms with van der Waals surface area (Å²) in [4.78, 5) is 0. The van der Waals surface area contributed by atoms with Crippen LogP contribution in [0, 0.1) is 5.82 Å². The van der Waals surface area contributed by atoms with Crippen LogP contribution in [0.3, 0.4) is 0 Å². The lowest BCUT2D eigenvalue weighted by atomic mass is 10.1. The van der Waals surface area contributed by atoms with Crippen molar-refractivity contribution in [1.29, 1.82) is 0 Å². The summed E-state index contributed by atoms with van der Waals surface area (Å²) in [6.07, 6.45) is 1.75. The van der Waals surface area contributed by atoms with E-state index in [4.69, 9.17) is 11.6 Å². The molecule has 1 aromatic carbocycles. The molecule has 0 fully saturated rings. The maximum absolute atomic E-state index is 14.0. The first-order valence-electron chi connectivity index (χ1n) is 7.13. The summed E-state index contributed by atoms with van der Waals surface area (Å²) in [6.45, 7) is 9.70. The van der Waals surface area contributed by atoms with Crippen LogP contribution in [0.1, 0.15) is 39.7 Å². The van der Waals surface area contributed by atoms with Gasteiger partial charge in [-0.3, -0.25) is 0 Å². The van der Waals surface area contributed by atoms with E-state index in [1.165, 1.54) is 0 Å². The van der Waals surface area contributed by atoms with E-state index in [1.54, 1.807) is 6.07 Å². The summed E-state index contributed by atoms with van der Waals surface area (Å²) in [7, 11) is 0. The van der Waals surface area contributed by atoms with Crippen LogP contribution in [-0.2, 0) is 6.42 Å². The Balaban J connectivity index is 2.70. The van der Waals surface area contributed by atoms with Crippen LogP contribution in [0.2, 0.25) is 5.02 Å². The van der Waals surface area contributed by atoms with Crippen molar-refractivity contribution < 1.29 is 4.39 Å². The topological polar surface area (TPSA) is 12.0 Å². The van der Waals surface area contributed by atoms with Crippen molar-refractivity contribution in [3.8, 4) is 0 Å². The van der Waals surface area contributed by atoms with Gasteiger partial charge >= 0.3 is 0 Å². The van der Waals surface area contributed by atoms with Crippen LogP contribution in [-0.4, -0.2) is 23.1 Å². The molecular formula is C16H25ClFNS. The molecular weight excluding hydrogens is 293 g/mol. The molecule has 0 bridgehead atoms. The molecule has 0 radical (unpaired) electrons. The van der Waals surface area contributed by atoms with Gasteiger partial charge in [0.2, 0.25) is 0 Å². The standard InChI is InChI=1S/C16H25ClFNS/c1-5-9-19-13(11-20-16(2,3)4)10-12-7-6-8-14(17)15(12)18/h6-8,13,19H,5,9-11H2,1-4H3. The summed E-state index contributed by atoms with van der Waals surface area (Å²) in [6, 6.07) is 5.50. The van der Waals surface area contributed by atoms with Gasteiger partial charge in [0.15, 0.2) is 0 Å². The highest BCUT2D eigenvalue weighted by Gasteiger charge is 2.17. The van der Waals surface area contributed by atoms with Crippen LogP contribution in [0.15, 0.2) is 18.2 Å². The first-order valence-corrected chi connectivity index (χ1v) is 8.50. The normalized spacial score (nSPS) is 13.5. The predicted octanol–water partition coefficient (Wildman–Crippen LogP) is 4.92.